The number of aliphatic carboxylic acids is 2. The van der Waals surface area contributed by atoms with Gasteiger partial charge in [0.15, 0.2) is 0 Å². The smallest absolute Gasteiger partial charge is 0.320 e. The molecule has 18 heavy (non-hydrogen) atoms. The fraction of sp³-hybridized carbons (Fsp3) is 0.700. The lowest BCUT2D eigenvalue weighted by molar-refractivity contribution is -0.140. The summed E-state index contributed by atoms with van der Waals surface area (Å²) in [7, 11) is 0. The van der Waals surface area contributed by atoms with Crippen molar-refractivity contribution < 1.29 is 24.6 Å². The van der Waals surface area contributed by atoms with Gasteiger partial charge in [0.25, 0.3) is 0 Å². The van der Waals surface area contributed by atoms with Crippen LogP contribution in [0.15, 0.2) is 0 Å². The Labute approximate surface area is 104 Å². The van der Waals surface area contributed by atoms with E-state index in [9.17, 15) is 14.4 Å². The number of nitrogens with zero attached hydrogens (tertiary/aromatic N) is 1. The van der Waals surface area contributed by atoms with Gasteiger partial charge in [-0.2, -0.15) is 0 Å². The summed E-state index contributed by atoms with van der Waals surface area (Å²) in [5.41, 5.74) is 10.6. The Morgan fingerprint density at radius 3 is 2.22 bits per heavy atom. The van der Waals surface area contributed by atoms with E-state index in [4.69, 9.17) is 21.7 Å². The third-order valence-corrected chi connectivity index (χ3v) is 3.34. The molecule has 1 saturated carbocycles. The van der Waals surface area contributed by atoms with Crippen molar-refractivity contribution in [2.45, 2.75) is 13.0 Å². The number of amides is 2. The summed E-state index contributed by atoms with van der Waals surface area (Å²) in [6, 6.07) is -1.89. The van der Waals surface area contributed by atoms with E-state index in [1.807, 2.05) is 0 Å². The number of carbonyl (C=O) groups is 3. The molecule has 1 aliphatic carbocycles. The molecule has 1 fully saturated rings. The van der Waals surface area contributed by atoms with Gasteiger partial charge in [-0.1, -0.05) is 0 Å². The number of carbonyl (C=O) groups excluding carboxylic acids is 1. The highest BCUT2D eigenvalue weighted by molar-refractivity contribution is 5.80. The summed E-state index contributed by atoms with van der Waals surface area (Å²) in [6.45, 7) is 2.16. The van der Waals surface area contributed by atoms with Gasteiger partial charge in [-0.15, -0.1) is 0 Å². The van der Waals surface area contributed by atoms with E-state index in [-0.39, 0.29) is 6.54 Å². The highest BCUT2D eigenvalue weighted by Crippen LogP contribution is 2.48. The molecule has 8 heteroatoms. The van der Waals surface area contributed by atoms with Gasteiger partial charge in [-0.05, 0) is 12.8 Å². The van der Waals surface area contributed by atoms with Crippen LogP contribution < -0.4 is 11.5 Å². The van der Waals surface area contributed by atoms with Gasteiger partial charge in [0.1, 0.15) is 6.04 Å². The normalized spacial score (nSPS) is 27.3. The lowest BCUT2D eigenvalue weighted by Crippen LogP contribution is -2.39. The second-order valence-electron chi connectivity index (χ2n) is 4.35. The molecule has 1 aliphatic rings. The maximum Gasteiger partial charge on any atom is 0.320 e. The lowest BCUT2D eigenvalue weighted by atomic mass is 10.1. The Kier molecular flexibility index (Phi) is 4.12. The molecular formula is C10H17N3O5. The van der Waals surface area contributed by atoms with Crippen molar-refractivity contribution >= 4 is 18.0 Å². The van der Waals surface area contributed by atoms with Gasteiger partial charge < -0.3 is 26.6 Å². The first-order valence-corrected chi connectivity index (χ1v) is 5.56. The zero-order valence-electron chi connectivity index (χ0n) is 9.94. The Morgan fingerprint density at radius 2 is 1.89 bits per heavy atom. The first kappa shape index (κ1) is 14.2. The number of carboxylic acids is 2. The lowest BCUT2D eigenvalue weighted by Gasteiger charge is -2.18. The molecule has 0 bridgehead atoms. The van der Waals surface area contributed by atoms with Crippen LogP contribution in [0.4, 0.5) is 4.79 Å². The number of urea groups is 1. The molecule has 8 nitrogen and oxygen atoms in total. The van der Waals surface area contributed by atoms with Gasteiger partial charge in [0.2, 0.25) is 0 Å². The molecule has 0 spiro atoms. The molecule has 0 aliphatic heterocycles. The molecule has 3 unspecified atom stereocenters. The number of hydrogen-bond acceptors (Lipinski definition) is 4. The predicted octanol–water partition coefficient (Wildman–Crippen LogP) is -1.25. The van der Waals surface area contributed by atoms with Crippen molar-refractivity contribution in [2.24, 2.45) is 29.2 Å². The van der Waals surface area contributed by atoms with Crippen LogP contribution in [0, 0.1) is 17.8 Å². The van der Waals surface area contributed by atoms with E-state index in [2.05, 4.69) is 0 Å². The molecule has 6 N–H and O–H groups in total. The molecule has 0 saturated heterocycles. The minimum absolute atomic E-state index is 0.119. The maximum absolute atomic E-state index is 11.0. The molecule has 0 radical (unpaired) electrons. The largest absolute Gasteiger partial charge is 0.481 e. The average Bonchev–Trinajstić information content (AvgIpc) is 2.98. The molecule has 0 aromatic carbocycles. The van der Waals surface area contributed by atoms with Gasteiger partial charge in [0.05, 0.1) is 5.92 Å². The molecule has 102 valence electrons. The van der Waals surface area contributed by atoms with Crippen LogP contribution in [0.5, 0.6) is 0 Å². The first-order chi connectivity index (χ1) is 8.31. The minimum Gasteiger partial charge on any atom is -0.481 e. The first-order valence-electron chi connectivity index (χ1n) is 5.56. The van der Waals surface area contributed by atoms with Crippen LogP contribution in [0.3, 0.4) is 0 Å². The van der Waals surface area contributed by atoms with Crippen molar-refractivity contribution in [1.29, 1.82) is 0 Å². The zero-order valence-corrected chi connectivity index (χ0v) is 9.94. The maximum atomic E-state index is 11.0. The van der Waals surface area contributed by atoms with Crippen LogP contribution >= 0.6 is 0 Å². The van der Waals surface area contributed by atoms with Crippen molar-refractivity contribution in [3.05, 3.63) is 0 Å². The highest BCUT2D eigenvalue weighted by atomic mass is 16.4. The van der Waals surface area contributed by atoms with E-state index in [1.54, 1.807) is 6.92 Å². The van der Waals surface area contributed by atoms with E-state index in [0.717, 1.165) is 0 Å². The Bertz CT molecular complexity index is 373. The van der Waals surface area contributed by atoms with Crippen LogP contribution in [0.25, 0.3) is 0 Å². The molecule has 2 amide bonds. The Hall–Kier alpha value is -1.83. The standard InChI is InChI=1S/C10H17N3O5/c1-2-13(10(12)18)3-4-5(6(4)8(14)15)7(11)9(16)17/h4-7H,2-3,11H2,1H3,(H2,12,18)(H,14,15)(H,16,17)/t4?,5?,6?,7-/m0/s1. The predicted molar refractivity (Wildman–Crippen MR) is 60.5 cm³/mol. The number of carboxylic acid groups (broad SMARTS) is 2. The summed E-state index contributed by atoms with van der Waals surface area (Å²) in [6.07, 6.45) is 0. The van der Waals surface area contributed by atoms with Crippen molar-refractivity contribution in [3.8, 4) is 0 Å². The third kappa shape index (κ3) is 2.70. The van der Waals surface area contributed by atoms with Gasteiger partial charge in [-0.3, -0.25) is 9.59 Å². The quantitative estimate of drug-likeness (QED) is 0.468. The molecule has 0 heterocycles. The van der Waals surface area contributed by atoms with Gasteiger partial charge >= 0.3 is 18.0 Å². The van der Waals surface area contributed by atoms with Crippen LogP contribution in [0.2, 0.25) is 0 Å². The summed E-state index contributed by atoms with van der Waals surface area (Å²) >= 11 is 0. The summed E-state index contributed by atoms with van der Waals surface area (Å²) in [5, 5.41) is 17.8. The van der Waals surface area contributed by atoms with Crippen LogP contribution in [-0.4, -0.2) is 52.2 Å². The Balaban J connectivity index is 2.73. The zero-order chi connectivity index (χ0) is 14.0. The van der Waals surface area contributed by atoms with E-state index >= 15 is 0 Å². The summed E-state index contributed by atoms with van der Waals surface area (Å²) in [5.74, 6) is -4.28. The monoisotopic (exact) mass is 259 g/mol. The number of nitrogens with two attached hydrogens (primary N) is 2. The second-order valence-corrected chi connectivity index (χ2v) is 4.35. The fourth-order valence-corrected chi connectivity index (χ4v) is 2.27. The van der Waals surface area contributed by atoms with Crippen LogP contribution in [0.1, 0.15) is 6.92 Å². The van der Waals surface area contributed by atoms with E-state index in [1.165, 1.54) is 4.90 Å². The summed E-state index contributed by atoms with van der Waals surface area (Å²) in [4.78, 5) is 34.0. The topological polar surface area (TPSA) is 147 Å². The van der Waals surface area contributed by atoms with Crippen molar-refractivity contribution in [1.82, 2.24) is 4.90 Å². The molecule has 0 aromatic heterocycles. The van der Waals surface area contributed by atoms with Gasteiger partial charge in [0, 0.05) is 19.0 Å². The molecular weight excluding hydrogens is 242 g/mol. The highest BCUT2D eigenvalue weighted by Gasteiger charge is 2.59. The third-order valence-electron chi connectivity index (χ3n) is 3.34. The second kappa shape index (κ2) is 5.21. The van der Waals surface area contributed by atoms with E-state index < -0.39 is 41.8 Å². The average molecular weight is 259 g/mol. The minimum atomic E-state index is -1.24. The van der Waals surface area contributed by atoms with Crippen molar-refractivity contribution in [3.63, 3.8) is 0 Å². The Morgan fingerprint density at radius 1 is 1.33 bits per heavy atom. The fourth-order valence-electron chi connectivity index (χ4n) is 2.27. The molecule has 0 aromatic rings. The van der Waals surface area contributed by atoms with Crippen molar-refractivity contribution in [2.75, 3.05) is 13.1 Å². The number of hydrogen-bond donors (Lipinski definition) is 4. The van der Waals surface area contributed by atoms with E-state index in [0.29, 0.717) is 6.54 Å². The number of primary amides is 1. The SMILES string of the molecule is CCN(CC1C(C(=O)O)C1[C@H](N)C(=O)O)C(N)=O. The van der Waals surface area contributed by atoms with Gasteiger partial charge in [-0.25, -0.2) is 4.79 Å². The summed E-state index contributed by atoms with van der Waals surface area (Å²) < 4.78 is 0. The molecule has 1 rings (SSSR count). The molecule has 4 atom stereocenters. The van der Waals surface area contributed by atoms with Crippen LogP contribution in [-0.2, 0) is 9.59 Å². The number of rotatable bonds is 6.